The zero-order chi connectivity index (χ0) is 21.0. The van der Waals surface area contributed by atoms with Crippen molar-refractivity contribution in [3.8, 4) is 5.75 Å². The normalized spacial score (nSPS) is 30.8. The Labute approximate surface area is 183 Å². The number of rotatable bonds is 3. The van der Waals surface area contributed by atoms with Crippen molar-refractivity contribution < 1.29 is 19.1 Å². The Kier molecular flexibility index (Phi) is 4.82. The van der Waals surface area contributed by atoms with E-state index in [0.717, 1.165) is 5.56 Å². The molecule has 5 atom stereocenters. The third-order valence-electron chi connectivity index (χ3n) is 6.27. The Bertz CT molecular complexity index is 1040. The van der Waals surface area contributed by atoms with Crippen LogP contribution in [0.4, 0.5) is 5.13 Å². The van der Waals surface area contributed by atoms with Crippen molar-refractivity contribution in [2.24, 2.45) is 11.8 Å². The number of carbonyl (C=O) groups excluding carboxylic acids is 2. The summed E-state index contributed by atoms with van der Waals surface area (Å²) in [7, 11) is 1.58. The average molecular weight is 445 g/mol. The fourth-order valence-electron chi connectivity index (χ4n) is 4.74. The molecule has 0 saturated heterocycles. The highest BCUT2D eigenvalue weighted by molar-refractivity contribution is 7.13. The number of thiazole rings is 1. The molecule has 1 aromatic carbocycles. The summed E-state index contributed by atoms with van der Waals surface area (Å²) >= 11 is 7.85. The number of anilines is 1. The van der Waals surface area contributed by atoms with Gasteiger partial charge in [-0.05, 0) is 24.8 Å². The highest BCUT2D eigenvalue weighted by Crippen LogP contribution is 2.51. The summed E-state index contributed by atoms with van der Waals surface area (Å²) < 4.78 is 11.8. The molecule has 156 valence electrons. The third-order valence-corrected chi connectivity index (χ3v) is 7.65. The summed E-state index contributed by atoms with van der Waals surface area (Å²) in [5.74, 6) is 0.245. The smallest absolute Gasteiger partial charge is 0.296 e. The van der Waals surface area contributed by atoms with Crippen LogP contribution in [-0.4, -0.2) is 35.3 Å². The second-order valence-electron chi connectivity index (χ2n) is 7.97. The summed E-state index contributed by atoms with van der Waals surface area (Å²) in [5, 5.41) is 2.24. The first kappa shape index (κ1) is 19.6. The van der Waals surface area contributed by atoms with Crippen LogP contribution in [-0.2, 0) is 14.3 Å². The molecule has 1 saturated carbocycles. The van der Waals surface area contributed by atoms with Crippen LogP contribution in [0.2, 0.25) is 0 Å². The van der Waals surface area contributed by atoms with Crippen molar-refractivity contribution in [3.63, 3.8) is 0 Å². The fourth-order valence-corrected chi connectivity index (χ4v) is 5.70. The second kappa shape index (κ2) is 7.39. The topological polar surface area (TPSA) is 68.7 Å². The predicted octanol–water partition coefficient (Wildman–Crippen LogP) is 4.12. The number of halogens is 1. The molecule has 1 fully saturated rings. The molecule has 0 bridgehead atoms. The summed E-state index contributed by atoms with van der Waals surface area (Å²) in [6.07, 6.45) is 2.53. The van der Waals surface area contributed by atoms with Gasteiger partial charge >= 0.3 is 0 Å². The molecule has 8 heteroatoms. The lowest BCUT2D eigenvalue weighted by Crippen LogP contribution is -2.44. The van der Waals surface area contributed by atoms with Gasteiger partial charge in [0.05, 0.1) is 18.6 Å². The molecule has 5 rings (SSSR count). The van der Waals surface area contributed by atoms with E-state index >= 15 is 0 Å². The van der Waals surface area contributed by atoms with Crippen molar-refractivity contribution in [2.45, 2.75) is 37.3 Å². The van der Waals surface area contributed by atoms with Crippen molar-refractivity contribution in [3.05, 3.63) is 52.7 Å². The zero-order valence-electron chi connectivity index (χ0n) is 16.6. The van der Waals surface area contributed by atoms with Crippen molar-refractivity contribution in [1.29, 1.82) is 0 Å². The molecule has 0 N–H and O–H groups in total. The SMILES string of the molecule is COc1ccccc1C1C2=C(OC3CC(C)C(Cl)CC3C2=O)C(=O)N1c1nccs1. The molecule has 2 aromatic rings. The van der Waals surface area contributed by atoms with Gasteiger partial charge in [0.1, 0.15) is 17.9 Å². The number of hydrogen-bond acceptors (Lipinski definition) is 6. The molecule has 3 heterocycles. The molecule has 1 amide bonds. The molecule has 0 spiro atoms. The highest BCUT2D eigenvalue weighted by atomic mass is 35.5. The molecule has 1 aliphatic carbocycles. The molecular formula is C22H21ClN2O4S. The van der Waals surface area contributed by atoms with E-state index in [1.54, 1.807) is 23.6 Å². The van der Waals surface area contributed by atoms with Gasteiger partial charge in [-0.3, -0.25) is 14.5 Å². The number of carbonyl (C=O) groups is 2. The molecule has 2 aliphatic heterocycles. The van der Waals surface area contributed by atoms with Crippen LogP contribution in [0.5, 0.6) is 5.75 Å². The minimum atomic E-state index is -0.642. The highest BCUT2D eigenvalue weighted by Gasteiger charge is 2.55. The maximum atomic E-state index is 13.7. The number of aromatic nitrogens is 1. The number of amides is 1. The molecule has 0 radical (unpaired) electrons. The standard InChI is InChI=1S/C22H21ClN2O4S/c1-11-9-16-13(10-14(11)23)19(26)17-18(12-5-3-4-6-15(12)28-2)25(21(27)20(17)29-16)22-24-7-8-30-22/h3-8,11,13-14,16,18H,9-10H2,1-2H3. The summed E-state index contributed by atoms with van der Waals surface area (Å²) in [5.41, 5.74) is 1.12. The number of nitrogens with zero attached hydrogens (tertiary/aromatic N) is 2. The Morgan fingerprint density at radius 3 is 2.80 bits per heavy atom. The van der Waals surface area contributed by atoms with Crippen LogP contribution in [0, 0.1) is 11.8 Å². The van der Waals surface area contributed by atoms with E-state index in [1.807, 2.05) is 24.3 Å². The maximum Gasteiger partial charge on any atom is 0.296 e. The van der Waals surface area contributed by atoms with Crippen LogP contribution in [0.3, 0.4) is 0 Å². The molecular weight excluding hydrogens is 424 g/mol. The van der Waals surface area contributed by atoms with E-state index in [2.05, 4.69) is 11.9 Å². The fraction of sp³-hybridized carbons (Fsp3) is 0.409. The van der Waals surface area contributed by atoms with Gasteiger partial charge in [0.2, 0.25) is 0 Å². The quantitative estimate of drug-likeness (QED) is 0.666. The Morgan fingerprint density at radius 1 is 1.27 bits per heavy atom. The molecule has 5 unspecified atom stereocenters. The number of benzene rings is 1. The predicted molar refractivity (Wildman–Crippen MR) is 114 cm³/mol. The number of fused-ring (bicyclic) bond motifs is 1. The van der Waals surface area contributed by atoms with Crippen LogP contribution in [0.25, 0.3) is 0 Å². The van der Waals surface area contributed by atoms with E-state index < -0.39 is 6.04 Å². The minimum absolute atomic E-state index is 0.0536. The number of hydrogen-bond donors (Lipinski definition) is 0. The monoisotopic (exact) mass is 444 g/mol. The number of Topliss-reactive ketones (excluding diaryl/α,β-unsaturated/α-hetero) is 1. The van der Waals surface area contributed by atoms with E-state index in [-0.39, 0.29) is 40.8 Å². The van der Waals surface area contributed by atoms with Gasteiger partial charge < -0.3 is 9.47 Å². The first-order valence-electron chi connectivity index (χ1n) is 9.96. The average Bonchev–Trinajstić information content (AvgIpc) is 3.36. The number of methoxy groups -OCH3 is 1. The number of ether oxygens (including phenoxy) is 2. The minimum Gasteiger partial charge on any atom is -0.496 e. The van der Waals surface area contributed by atoms with Gasteiger partial charge in [0.15, 0.2) is 16.7 Å². The number of alkyl halides is 1. The van der Waals surface area contributed by atoms with Crippen molar-refractivity contribution in [2.75, 3.05) is 12.0 Å². The Hall–Kier alpha value is -2.38. The molecule has 30 heavy (non-hydrogen) atoms. The van der Waals surface area contributed by atoms with E-state index in [9.17, 15) is 9.59 Å². The number of para-hydroxylation sites is 1. The third kappa shape index (κ3) is 2.87. The zero-order valence-corrected chi connectivity index (χ0v) is 18.2. The van der Waals surface area contributed by atoms with Crippen LogP contribution in [0.15, 0.2) is 47.2 Å². The van der Waals surface area contributed by atoms with Gasteiger partial charge in [0.25, 0.3) is 5.91 Å². The summed E-state index contributed by atoms with van der Waals surface area (Å²) in [6.45, 7) is 2.06. The lowest BCUT2D eigenvalue weighted by Gasteiger charge is -2.40. The first-order valence-corrected chi connectivity index (χ1v) is 11.3. The molecule has 3 aliphatic rings. The maximum absolute atomic E-state index is 13.7. The first-order chi connectivity index (χ1) is 14.5. The van der Waals surface area contributed by atoms with Gasteiger partial charge in [-0.25, -0.2) is 4.98 Å². The van der Waals surface area contributed by atoms with Crippen molar-refractivity contribution in [1.82, 2.24) is 4.98 Å². The Morgan fingerprint density at radius 2 is 2.07 bits per heavy atom. The molecule has 6 nitrogen and oxygen atoms in total. The van der Waals surface area contributed by atoms with Crippen LogP contribution >= 0.6 is 22.9 Å². The van der Waals surface area contributed by atoms with Gasteiger partial charge in [-0.15, -0.1) is 22.9 Å². The van der Waals surface area contributed by atoms with Crippen LogP contribution in [0.1, 0.15) is 31.4 Å². The van der Waals surface area contributed by atoms with Crippen LogP contribution < -0.4 is 9.64 Å². The van der Waals surface area contributed by atoms with Crippen molar-refractivity contribution >= 4 is 39.8 Å². The molecule has 1 aromatic heterocycles. The number of ketones is 1. The van der Waals surface area contributed by atoms with Gasteiger partial charge in [0, 0.05) is 22.5 Å². The summed E-state index contributed by atoms with van der Waals surface area (Å²) in [4.78, 5) is 33.1. The lowest BCUT2D eigenvalue weighted by atomic mass is 9.74. The summed E-state index contributed by atoms with van der Waals surface area (Å²) in [6, 6.07) is 6.79. The Balaban J connectivity index is 1.66. The van der Waals surface area contributed by atoms with Gasteiger partial charge in [-0.1, -0.05) is 25.1 Å². The lowest BCUT2D eigenvalue weighted by molar-refractivity contribution is -0.132. The largest absolute Gasteiger partial charge is 0.496 e. The van der Waals surface area contributed by atoms with E-state index in [1.165, 1.54) is 11.3 Å². The second-order valence-corrected chi connectivity index (χ2v) is 9.40. The van der Waals surface area contributed by atoms with E-state index in [4.69, 9.17) is 21.1 Å². The van der Waals surface area contributed by atoms with Gasteiger partial charge in [-0.2, -0.15) is 0 Å². The van der Waals surface area contributed by atoms with E-state index in [0.29, 0.717) is 29.3 Å².